The molecule has 0 spiro atoms. The van der Waals surface area contributed by atoms with Crippen LogP contribution < -0.4 is 5.56 Å². The summed E-state index contributed by atoms with van der Waals surface area (Å²) < 4.78 is 1.25. The number of hydrogen-bond donors (Lipinski definition) is 2. The molecule has 2 aromatic carbocycles. The summed E-state index contributed by atoms with van der Waals surface area (Å²) >= 11 is 0. The third kappa shape index (κ3) is 2.08. The highest BCUT2D eigenvalue weighted by molar-refractivity contribution is 6.04. The number of para-hydroxylation sites is 2. The SMILES string of the molecule is O=c1c2[nH]c3ccccc3c2ncn1/N=C/c1c[nH]c2ccccc12. The van der Waals surface area contributed by atoms with Gasteiger partial charge in [-0.2, -0.15) is 9.78 Å². The lowest BCUT2D eigenvalue weighted by molar-refractivity contribution is 0.816. The van der Waals surface area contributed by atoms with Crippen LogP contribution in [0.15, 0.2) is 71.0 Å². The molecule has 0 aliphatic rings. The largest absolute Gasteiger partial charge is 0.361 e. The number of fused-ring (bicyclic) bond motifs is 4. The van der Waals surface area contributed by atoms with Gasteiger partial charge in [0.15, 0.2) is 0 Å². The summed E-state index contributed by atoms with van der Waals surface area (Å²) in [4.78, 5) is 23.4. The van der Waals surface area contributed by atoms with Crippen molar-refractivity contribution in [3.8, 4) is 0 Å². The molecular weight excluding hydrogens is 314 g/mol. The molecule has 0 aliphatic carbocycles. The Kier molecular flexibility index (Phi) is 2.84. The molecule has 5 rings (SSSR count). The molecule has 6 nitrogen and oxygen atoms in total. The van der Waals surface area contributed by atoms with Crippen molar-refractivity contribution in [2.75, 3.05) is 0 Å². The van der Waals surface area contributed by atoms with Crippen molar-refractivity contribution < 1.29 is 0 Å². The number of aromatic amines is 2. The van der Waals surface area contributed by atoms with E-state index < -0.39 is 0 Å². The van der Waals surface area contributed by atoms with E-state index in [0.717, 1.165) is 27.4 Å². The second-order valence-corrected chi connectivity index (χ2v) is 5.82. The molecule has 0 radical (unpaired) electrons. The minimum Gasteiger partial charge on any atom is -0.361 e. The molecule has 0 amide bonds. The topological polar surface area (TPSA) is 78.8 Å². The zero-order valence-electron chi connectivity index (χ0n) is 13.1. The molecule has 0 unspecified atom stereocenters. The molecule has 0 fully saturated rings. The first-order valence-corrected chi connectivity index (χ1v) is 7.90. The predicted octanol–water partition coefficient (Wildman–Crippen LogP) is 3.24. The van der Waals surface area contributed by atoms with Gasteiger partial charge in [-0.15, -0.1) is 0 Å². The van der Waals surface area contributed by atoms with Crippen molar-refractivity contribution in [3.63, 3.8) is 0 Å². The molecule has 3 aromatic heterocycles. The van der Waals surface area contributed by atoms with Crippen LogP contribution in [-0.4, -0.2) is 25.8 Å². The lowest BCUT2D eigenvalue weighted by atomic mass is 10.2. The fraction of sp³-hybridized carbons (Fsp3) is 0. The van der Waals surface area contributed by atoms with Crippen molar-refractivity contribution in [2.45, 2.75) is 0 Å². The van der Waals surface area contributed by atoms with Crippen LogP contribution in [0.5, 0.6) is 0 Å². The van der Waals surface area contributed by atoms with Crippen LogP contribution in [0.4, 0.5) is 0 Å². The molecule has 25 heavy (non-hydrogen) atoms. The van der Waals surface area contributed by atoms with E-state index >= 15 is 0 Å². The fourth-order valence-corrected chi connectivity index (χ4v) is 3.10. The van der Waals surface area contributed by atoms with Crippen LogP contribution in [0.2, 0.25) is 0 Å². The Balaban J connectivity index is 1.64. The number of nitrogens with one attached hydrogen (secondary N) is 2. The molecule has 2 N–H and O–H groups in total. The Morgan fingerprint density at radius 2 is 1.76 bits per heavy atom. The fourth-order valence-electron chi connectivity index (χ4n) is 3.10. The summed E-state index contributed by atoms with van der Waals surface area (Å²) in [7, 11) is 0. The first kappa shape index (κ1) is 13.7. The van der Waals surface area contributed by atoms with Crippen LogP contribution >= 0.6 is 0 Å². The first-order valence-electron chi connectivity index (χ1n) is 7.90. The molecule has 3 heterocycles. The third-order valence-electron chi connectivity index (χ3n) is 4.34. The monoisotopic (exact) mass is 327 g/mol. The number of aromatic nitrogens is 4. The highest BCUT2D eigenvalue weighted by atomic mass is 16.1. The summed E-state index contributed by atoms with van der Waals surface area (Å²) in [5.41, 5.74) is 3.73. The van der Waals surface area contributed by atoms with Gasteiger partial charge in [0.25, 0.3) is 5.56 Å². The second kappa shape index (κ2) is 5.17. The van der Waals surface area contributed by atoms with Gasteiger partial charge in [0.05, 0.1) is 6.21 Å². The normalized spacial score (nSPS) is 12.0. The molecule has 0 aliphatic heterocycles. The average Bonchev–Trinajstić information content (AvgIpc) is 3.23. The molecule has 0 saturated carbocycles. The van der Waals surface area contributed by atoms with E-state index in [4.69, 9.17) is 0 Å². The summed E-state index contributed by atoms with van der Waals surface area (Å²) in [6, 6.07) is 15.7. The quantitative estimate of drug-likeness (QED) is 0.488. The molecule has 0 bridgehead atoms. The number of H-pyrrole nitrogens is 2. The van der Waals surface area contributed by atoms with Crippen molar-refractivity contribution in [3.05, 3.63) is 77.0 Å². The van der Waals surface area contributed by atoms with E-state index in [9.17, 15) is 4.79 Å². The highest BCUT2D eigenvalue weighted by Gasteiger charge is 2.10. The Morgan fingerprint density at radius 1 is 1.00 bits per heavy atom. The van der Waals surface area contributed by atoms with Gasteiger partial charge in [-0.3, -0.25) is 4.79 Å². The van der Waals surface area contributed by atoms with Gasteiger partial charge in [-0.1, -0.05) is 36.4 Å². The molecular formula is C19H13N5O. The maximum Gasteiger partial charge on any atom is 0.298 e. The van der Waals surface area contributed by atoms with Crippen molar-refractivity contribution in [1.82, 2.24) is 19.6 Å². The van der Waals surface area contributed by atoms with Gasteiger partial charge >= 0.3 is 0 Å². The summed E-state index contributed by atoms with van der Waals surface area (Å²) in [5, 5.41) is 6.28. The molecule has 120 valence electrons. The second-order valence-electron chi connectivity index (χ2n) is 5.82. The van der Waals surface area contributed by atoms with Crippen LogP contribution in [0.25, 0.3) is 32.8 Å². The van der Waals surface area contributed by atoms with E-state index in [1.54, 1.807) is 6.21 Å². The van der Waals surface area contributed by atoms with Gasteiger partial charge in [0.1, 0.15) is 17.4 Å². The summed E-state index contributed by atoms with van der Waals surface area (Å²) in [6.45, 7) is 0. The molecule has 6 heteroatoms. The van der Waals surface area contributed by atoms with Crippen molar-refractivity contribution >= 4 is 39.1 Å². The predicted molar refractivity (Wildman–Crippen MR) is 99.2 cm³/mol. The van der Waals surface area contributed by atoms with Crippen LogP contribution in [-0.2, 0) is 0 Å². The number of rotatable bonds is 2. The molecule has 0 atom stereocenters. The molecule has 5 aromatic rings. The summed E-state index contributed by atoms with van der Waals surface area (Å²) in [5.74, 6) is 0. The first-order chi connectivity index (χ1) is 12.3. The zero-order chi connectivity index (χ0) is 16.8. The lowest BCUT2D eigenvalue weighted by Crippen LogP contribution is -2.17. The van der Waals surface area contributed by atoms with Crippen molar-refractivity contribution in [2.24, 2.45) is 5.10 Å². The Labute approximate surface area is 141 Å². The maximum atomic E-state index is 12.7. The number of hydrogen-bond acceptors (Lipinski definition) is 3. The van der Waals surface area contributed by atoms with Crippen LogP contribution in [0, 0.1) is 0 Å². The minimum absolute atomic E-state index is 0.225. The minimum atomic E-state index is -0.225. The van der Waals surface area contributed by atoms with Crippen molar-refractivity contribution in [1.29, 1.82) is 0 Å². The summed E-state index contributed by atoms with van der Waals surface area (Å²) in [6.07, 6.45) is 4.99. The maximum absolute atomic E-state index is 12.7. The van der Waals surface area contributed by atoms with E-state index in [1.807, 2.05) is 54.7 Å². The lowest BCUT2D eigenvalue weighted by Gasteiger charge is -1.97. The number of nitrogens with zero attached hydrogens (tertiary/aromatic N) is 3. The van der Waals surface area contributed by atoms with E-state index in [-0.39, 0.29) is 5.56 Å². The Morgan fingerprint density at radius 3 is 2.64 bits per heavy atom. The number of benzene rings is 2. The molecule has 0 saturated heterocycles. The standard InChI is InChI=1S/C19H13N5O/c25-19-18-17(14-6-2-4-8-16(14)23-18)21-11-24(19)22-10-12-9-20-15-7-3-1-5-13(12)15/h1-11,20,23H/b22-10+. The van der Waals surface area contributed by atoms with E-state index in [1.165, 1.54) is 11.0 Å². The van der Waals surface area contributed by atoms with Gasteiger partial charge < -0.3 is 9.97 Å². The van der Waals surface area contributed by atoms with Gasteiger partial charge in [0, 0.05) is 33.6 Å². The average molecular weight is 327 g/mol. The smallest absolute Gasteiger partial charge is 0.298 e. The van der Waals surface area contributed by atoms with Crippen LogP contribution in [0.1, 0.15) is 5.56 Å². The van der Waals surface area contributed by atoms with Gasteiger partial charge in [-0.25, -0.2) is 4.98 Å². The van der Waals surface area contributed by atoms with Gasteiger partial charge in [-0.05, 0) is 12.1 Å². The van der Waals surface area contributed by atoms with E-state index in [0.29, 0.717) is 11.0 Å². The Hall–Kier alpha value is -3.67. The van der Waals surface area contributed by atoms with Gasteiger partial charge in [0.2, 0.25) is 0 Å². The third-order valence-corrected chi connectivity index (χ3v) is 4.34. The zero-order valence-corrected chi connectivity index (χ0v) is 13.1. The van der Waals surface area contributed by atoms with E-state index in [2.05, 4.69) is 20.1 Å². The Bertz CT molecular complexity index is 1320. The highest BCUT2D eigenvalue weighted by Crippen LogP contribution is 2.20. The van der Waals surface area contributed by atoms with Crippen LogP contribution in [0.3, 0.4) is 0 Å².